The van der Waals surface area contributed by atoms with E-state index >= 15 is 0 Å². The van der Waals surface area contributed by atoms with Crippen LogP contribution in [0.4, 0.5) is 10.5 Å². The van der Waals surface area contributed by atoms with Gasteiger partial charge in [-0.1, -0.05) is 62.4 Å². The van der Waals surface area contributed by atoms with Gasteiger partial charge in [-0.25, -0.2) is 4.79 Å². The molecule has 0 saturated heterocycles. The van der Waals surface area contributed by atoms with Gasteiger partial charge in [-0.15, -0.1) is 0 Å². The van der Waals surface area contributed by atoms with Crippen LogP contribution < -0.4 is 10.1 Å². The molecule has 3 rings (SSSR count). The first-order valence-electron chi connectivity index (χ1n) is 11.4. The molecule has 3 aromatic rings. The Morgan fingerprint density at radius 2 is 1.71 bits per heavy atom. The van der Waals surface area contributed by atoms with Crippen LogP contribution in [0.15, 0.2) is 66.7 Å². The normalized spacial score (nSPS) is 12.1. The Hall–Kier alpha value is -3.23. The van der Waals surface area contributed by atoms with Crippen molar-refractivity contribution in [3.63, 3.8) is 0 Å². The molecule has 35 heavy (non-hydrogen) atoms. The number of esters is 1. The third kappa shape index (κ3) is 7.37. The molecule has 1 amide bonds. The molecule has 2 N–H and O–H groups in total. The summed E-state index contributed by atoms with van der Waals surface area (Å²) < 4.78 is 16.6. The Kier molecular flexibility index (Phi) is 9.39. The number of amides is 1. The number of benzene rings is 3. The van der Waals surface area contributed by atoms with Crippen LogP contribution in [-0.2, 0) is 14.3 Å². The summed E-state index contributed by atoms with van der Waals surface area (Å²) in [5.41, 5.74) is 0.848. The second-order valence-corrected chi connectivity index (χ2v) is 9.01. The standard InChI is InChI=1S/C27H31NO6S/c1-27(2,14-16-33-24(30)18-35)25(20-10-12-21(13-11-20)32-17-15-29)34-26(31)28-23-9-5-7-19-6-3-4-8-22(19)23/h3-13,25,29,35H,14-18H2,1-2H3,(H,28,31)/t25-/m0/s1. The van der Waals surface area contributed by atoms with Gasteiger partial charge in [0.1, 0.15) is 18.5 Å². The molecular formula is C27H31NO6S. The first-order chi connectivity index (χ1) is 16.8. The first kappa shape index (κ1) is 26.4. The number of aliphatic hydroxyl groups is 1. The van der Waals surface area contributed by atoms with Crippen LogP contribution in [0.3, 0.4) is 0 Å². The highest BCUT2D eigenvalue weighted by Crippen LogP contribution is 2.40. The second-order valence-electron chi connectivity index (χ2n) is 8.70. The first-order valence-corrected chi connectivity index (χ1v) is 12.0. The number of ether oxygens (including phenoxy) is 3. The molecule has 0 unspecified atom stereocenters. The van der Waals surface area contributed by atoms with E-state index in [0.29, 0.717) is 17.9 Å². The molecule has 0 aromatic heterocycles. The summed E-state index contributed by atoms with van der Waals surface area (Å²) in [4.78, 5) is 24.6. The molecule has 7 nitrogen and oxygen atoms in total. The van der Waals surface area contributed by atoms with Gasteiger partial charge in [0.15, 0.2) is 0 Å². The van der Waals surface area contributed by atoms with E-state index in [1.165, 1.54) is 0 Å². The highest BCUT2D eigenvalue weighted by molar-refractivity contribution is 7.81. The van der Waals surface area contributed by atoms with Crippen molar-refractivity contribution < 1.29 is 28.9 Å². The van der Waals surface area contributed by atoms with Gasteiger partial charge >= 0.3 is 12.1 Å². The van der Waals surface area contributed by atoms with Gasteiger partial charge in [0, 0.05) is 10.8 Å². The zero-order valence-corrected chi connectivity index (χ0v) is 20.8. The highest BCUT2D eigenvalue weighted by atomic mass is 32.1. The third-order valence-electron chi connectivity index (χ3n) is 5.64. The Morgan fingerprint density at radius 3 is 2.43 bits per heavy atom. The molecule has 0 bridgehead atoms. The lowest BCUT2D eigenvalue weighted by Gasteiger charge is -2.34. The summed E-state index contributed by atoms with van der Waals surface area (Å²) in [6.07, 6.45) is -0.770. The summed E-state index contributed by atoms with van der Waals surface area (Å²) in [7, 11) is 0. The molecule has 0 radical (unpaired) electrons. The van der Waals surface area contributed by atoms with E-state index in [1.54, 1.807) is 12.1 Å². The average molecular weight is 498 g/mol. The number of nitrogens with one attached hydrogen (secondary N) is 1. The summed E-state index contributed by atoms with van der Waals surface area (Å²) in [6, 6.07) is 20.6. The molecule has 0 aliphatic rings. The van der Waals surface area contributed by atoms with Crippen molar-refractivity contribution in [1.29, 1.82) is 0 Å². The van der Waals surface area contributed by atoms with Crippen LogP contribution in [0.5, 0.6) is 5.75 Å². The predicted octanol–water partition coefficient (Wildman–Crippen LogP) is 5.39. The fourth-order valence-corrected chi connectivity index (χ4v) is 3.86. The quantitative estimate of drug-likeness (QED) is 0.243. The number of carbonyl (C=O) groups is 2. The summed E-state index contributed by atoms with van der Waals surface area (Å²) in [5.74, 6) is 0.200. The molecule has 3 aromatic carbocycles. The third-order valence-corrected chi connectivity index (χ3v) is 5.90. The van der Waals surface area contributed by atoms with E-state index in [9.17, 15) is 9.59 Å². The van der Waals surface area contributed by atoms with Gasteiger partial charge in [-0.05, 0) is 35.6 Å². The summed E-state index contributed by atoms with van der Waals surface area (Å²) in [6.45, 7) is 4.19. The van der Waals surface area contributed by atoms with Crippen molar-refractivity contribution in [3.05, 3.63) is 72.3 Å². The number of hydrogen-bond donors (Lipinski definition) is 3. The minimum Gasteiger partial charge on any atom is -0.491 e. The topological polar surface area (TPSA) is 94.1 Å². The largest absolute Gasteiger partial charge is 0.491 e. The highest BCUT2D eigenvalue weighted by Gasteiger charge is 2.34. The van der Waals surface area contributed by atoms with Gasteiger partial charge in [0.05, 0.1) is 24.7 Å². The molecule has 0 spiro atoms. The maximum absolute atomic E-state index is 13.0. The van der Waals surface area contributed by atoms with Crippen molar-refractivity contribution in [1.82, 2.24) is 0 Å². The number of anilines is 1. The minimum atomic E-state index is -0.640. The zero-order chi connectivity index (χ0) is 25.3. The lowest BCUT2D eigenvalue weighted by Crippen LogP contribution is -2.30. The number of carbonyl (C=O) groups excluding carboxylic acids is 2. The number of rotatable bonds is 11. The van der Waals surface area contributed by atoms with Crippen molar-refractivity contribution in [3.8, 4) is 5.75 Å². The van der Waals surface area contributed by atoms with Crippen LogP contribution in [0, 0.1) is 5.41 Å². The average Bonchev–Trinajstić information content (AvgIpc) is 2.86. The zero-order valence-electron chi connectivity index (χ0n) is 19.9. The Bertz CT molecular complexity index is 1130. The van der Waals surface area contributed by atoms with Gasteiger partial charge in [0.25, 0.3) is 0 Å². The lowest BCUT2D eigenvalue weighted by atomic mass is 9.80. The predicted molar refractivity (Wildman–Crippen MR) is 139 cm³/mol. The molecule has 8 heteroatoms. The molecule has 0 heterocycles. The van der Waals surface area contributed by atoms with E-state index < -0.39 is 23.6 Å². The van der Waals surface area contributed by atoms with Crippen LogP contribution in [0.1, 0.15) is 31.9 Å². The molecule has 0 fully saturated rings. The molecule has 186 valence electrons. The number of aliphatic hydroxyl groups excluding tert-OH is 1. The Morgan fingerprint density at radius 1 is 1.00 bits per heavy atom. The fourth-order valence-electron chi connectivity index (χ4n) is 3.77. The van der Waals surface area contributed by atoms with E-state index in [4.69, 9.17) is 19.3 Å². The molecule has 0 aliphatic carbocycles. The smallest absolute Gasteiger partial charge is 0.412 e. The van der Waals surface area contributed by atoms with Crippen LogP contribution in [-0.4, -0.2) is 42.7 Å². The number of fused-ring (bicyclic) bond motifs is 1. The van der Waals surface area contributed by atoms with E-state index in [0.717, 1.165) is 16.3 Å². The van der Waals surface area contributed by atoms with Crippen LogP contribution in [0.2, 0.25) is 0 Å². The molecular weight excluding hydrogens is 466 g/mol. The summed E-state index contributed by atoms with van der Waals surface area (Å²) in [5, 5.41) is 13.8. The van der Waals surface area contributed by atoms with Crippen LogP contribution >= 0.6 is 12.6 Å². The Labute approximate surface area is 210 Å². The lowest BCUT2D eigenvalue weighted by molar-refractivity contribution is -0.141. The SMILES string of the molecule is CC(C)(CCOC(=O)CS)[C@@H](OC(=O)Nc1cccc2ccccc12)c1ccc(OCCO)cc1. The summed E-state index contributed by atoms with van der Waals surface area (Å²) >= 11 is 3.93. The van der Waals surface area contributed by atoms with Gasteiger partial charge < -0.3 is 19.3 Å². The second kappa shape index (κ2) is 12.5. The van der Waals surface area contributed by atoms with Gasteiger partial charge in [-0.2, -0.15) is 12.6 Å². The Balaban J connectivity index is 1.81. The number of hydrogen-bond acceptors (Lipinski definition) is 7. The molecule has 1 atom stereocenters. The van der Waals surface area contributed by atoms with E-state index in [-0.39, 0.29) is 25.6 Å². The number of thiol groups is 1. The van der Waals surface area contributed by atoms with Gasteiger partial charge in [-0.3, -0.25) is 10.1 Å². The van der Waals surface area contributed by atoms with Crippen LogP contribution in [0.25, 0.3) is 10.8 Å². The minimum absolute atomic E-state index is 0.00307. The maximum Gasteiger partial charge on any atom is 0.412 e. The van der Waals surface area contributed by atoms with Gasteiger partial charge in [0.2, 0.25) is 0 Å². The molecule has 0 aliphatic heterocycles. The van der Waals surface area contributed by atoms with Crippen molar-refractivity contribution >= 4 is 41.2 Å². The fraction of sp³-hybridized carbons (Fsp3) is 0.333. The van der Waals surface area contributed by atoms with Crippen molar-refractivity contribution in [2.75, 3.05) is 30.9 Å². The van der Waals surface area contributed by atoms with Crippen molar-refractivity contribution in [2.24, 2.45) is 5.41 Å². The van der Waals surface area contributed by atoms with E-state index in [2.05, 4.69) is 17.9 Å². The van der Waals surface area contributed by atoms with Crippen molar-refractivity contribution in [2.45, 2.75) is 26.4 Å². The molecule has 0 saturated carbocycles. The monoisotopic (exact) mass is 497 g/mol. The van der Waals surface area contributed by atoms with E-state index in [1.807, 2.05) is 68.4 Å². The maximum atomic E-state index is 13.0.